The van der Waals surface area contributed by atoms with Crippen molar-refractivity contribution in [3.63, 3.8) is 0 Å². The molecule has 0 spiro atoms. The summed E-state index contributed by atoms with van der Waals surface area (Å²) in [6.45, 7) is -0.286. The minimum Gasteiger partial charge on any atom is -0.480 e. The fourth-order valence-corrected chi connectivity index (χ4v) is 2.50. The van der Waals surface area contributed by atoms with Crippen molar-refractivity contribution in [2.75, 3.05) is 36.2 Å². The molecule has 0 aliphatic carbocycles. The Kier molecular flexibility index (Phi) is 3.82. The number of anilines is 2. The lowest BCUT2D eigenvalue weighted by Gasteiger charge is -2.19. The van der Waals surface area contributed by atoms with Crippen molar-refractivity contribution < 1.29 is 31.7 Å². The monoisotopic (exact) mass is 343 g/mol. The number of cyclic esters (lactones) is 1. The fourth-order valence-electron chi connectivity index (χ4n) is 2.10. The molecule has 1 N–H and O–H groups in total. The Bertz CT molecular complexity index is 764. The van der Waals surface area contributed by atoms with Crippen LogP contribution in [0.1, 0.15) is 0 Å². The van der Waals surface area contributed by atoms with E-state index < -0.39 is 22.3 Å². The van der Waals surface area contributed by atoms with Crippen molar-refractivity contribution in [2.24, 2.45) is 0 Å². The number of nitrogens with one attached hydrogen (secondary N) is 1. The second-order valence-corrected chi connectivity index (χ2v) is 6.60. The number of ether oxygens (including phenoxy) is 2. The molecule has 0 unspecified atom stereocenters. The van der Waals surface area contributed by atoms with Crippen molar-refractivity contribution in [2.45, 2.75) is 6.10 Å². The van der Waals surface area contributed by atoms with E-state index in [0.29, 0.717) is 5.75 Å². The molecule has 1 fully saturated rings. The Hall–Kier alpha value is -2.40. The van der Waals surface area contributed by atoms with Crippen LogP contribution in [0.2, 0.25) is 0 Å². The molecule has 23 heavy (non-hydrogen) atoms. The van der Waals surface area contributed by atoms with Gasteiger partial charge in [0.25, 0.3) is 16.0 Å². The number of rotatable bonds is 4. The van der Waals surface area contributed by atoms with Crippen molar-refractivity contribution in [3.05, 3.63) is 12.1 Å². The number of hydrogen-bond donors (Lipinski definition) is 1. The van der Waals surface area contributed by atoms with E-state index in [-0.39, 0.29) is 37.3 Å². The van der Waals surface area contributed by atoms with Crippen molar-refractivity contribution in [1.29, 1.82) is 0 Å². The Balaban J connectivity index is 1.73. The zero-order valence-electron chi connectivity index (χ0n) is 12.0. The topological polar surface area (TPSA) is 124 Å². The second-order valence-electron chi connectivity index (χ2n) is 4.96. The number of aromatic nitrogens is 1. The summed E-state index contributed by atoms with van der Waals surface area (Å²) in [7, 11) is -3.62. The molecule has 1 aromatic rings. The molecule has 0 bridgehead atoms. The molecule has 1 atom stereocenters. The third-order valence-corrected chi connectivity index (χ3v) is 3.64. The molecule has 10 nitrogen and oxygen atoms in total. The van der Waals surface area contributed by atoms with Gasteiger partial charge in [-0.1, -0.05) is 0 Å². The molecule has 3 heterocycles. The van der Waals surface area contributed by atoms with E-state index in [0.717, 1.165) is 6.26 Å². The third-order valence-electron chi connectivity index (χ3n) is 3.08. The molecular weight excluding hydrogens is 330 g/mol. The van der Waals surface area contributed by atoms with Crippen LogP contribution in [0.15, 0.2) is 12.1 Å². The smallest absolute Gasteiger partial charge is 0.416 e. The molecule has 0 aromatic carbocycles. The standard InChI is InChI=1S/C12H13N3O7S/c1-23(18,19)21-5-7-4-15(12(17)22-7)9-3-2-8-11(13-9)14-10(16)6-20-8/h2-3,7H,4-6H2,1H3,(H,13,14,16)/t7-/m1/s1. The summed E-state index contributed by atoms with van der Waals surface area (Å²) in [5.41, 5.74) is 0. The summed E-state index contributed by atoms with van der Waals surface area (Å²) in [6, 6.07) is 3.11. The molecule has 3 rings (SSSR count). The van der Waals surface area contributed by atoms with Gasteiger partial charge in [0, 0.05) is 0 Å². The van der Waals surface area contributed by atoms with Gasteiger partial charge < -0.3 is 14.8 Å². The number of hydrogen-bond acceptors (Lipinski definition) is 8. The van der Waals surface area contributed by atoms with E-state index in [4.69, 9.17) is 9.47 Å². The largest absolute Gasteiger partial charge is 0.480 e. The van der Waals surface area contributed by atoms with Crippen LogP contribution >= 0.6 is 0 Å². The van der Waals surface area contributed by atoms with Crippen molar-refractivity contribution >= 4 is 33.8 Å². The van der Waals surface area contributed by atoms with Crippen LogP contribution in [0.3, 0.4) is 0 Å². The molecule has 2 aliphatic rings. The highest BCUT2D eigenvalue weighted by Crippen LogP contribution is 2.30. The summed E-state index contributed by atoms with van der Waals surface area (Å²) in [5, 5.41) is 2.54. The molecule has 11 heteroatoms. The molecular formula is C12H13N3O7S. The van der Waals surface area contributed by atoms with Gasteiger partial charge in [-0.2, -0.15) is 8.42 Å². The van der Waals surface area contributed by atoms with E-state index in [1.807, 2.05) is 0 Å². The fraction of sp³-hybridized carbons (Fsp3) is 0.417. The van der Waals surface area contributed by atoms with Gasteiger partial charge in [-0.3, -0.25) is 13.9 Å². The minimum atomic E-state index is -3.62. The van der Waals surface area contributed by atoms with Gasteiger partial charge in [0.1, 0.15) is 18.5 Å². The lowest BCUT2D eigenvalue weighted by Crippen LogP contribution is -2.29. The molecule has 2 amide bonds. The van der Waals surface area contributed by atoms with Gasteiger partial charge in [0.05, 0.1) is 12.8 Å². The predicted octanol–water partition coefficient (Wildman–Crippen LogP) is -0.286. The maximum atomic E-state index is 11.9. The van der Waals surface area contributed by atoms with Crippen LogP contribution in [0.25, 0.3) is 0 Å². The van der Waals surface area contributed by atoms with Gasteiger partial charge in [-0.15, -0.1) is 0 Å². The van der Waals surface area contributed by atoms with E-state index >= 15 is 0 Å². The zero-order chi connectivity index (χ0) is 16.6. The molecule has 0 saturated carbocycles. The van der Waals surface area contributed by atoms with Crippen LogP contribution in [0, 0.1) is 0 Å². The highest BCUT2D eigenvalue weighted by molar-refractivity contribution is 7.85. The highest BCUT2D eigenvalue weighted by atomic mass is 32.2. The van der Waals surface area contributed by atoms with Gasteiger partial charge in [0.2, 0.25) is 0 Å². The summed E-state index contributed by atoms with van der Waals surface area (Å²) in [5.74, 6) is 0.521. The summed E-state index contributed by atoms with van der Waals surface area (Å²) >= 11 is 0. The highest BCUT2D eigenvalue weighted by Gasteiger charge is 2.34. The van der Waals surface area contributed by atoms with Crippen LogP contribution in [-0.2, 0) is 23.8 Å². The number of fused-ring (bicyclic) bond motifs is 1. The Morgan fingerprint density at radius 3 is 2.96 bits per heavy atom. The number of carbonyl (C=O) groups excluding carboxylic acids is 2. The van der Waals surface area contributed by atoms with Crippen LogP contribution in [0.5, 0.6) is 5.75 Å². The molecule has 1 saturated heterocycles. The van der Waals surface area contributed by atoms with Crippen molar-refractivity contribution in [1.82, 2.24) is 4.98 Å². The van der Waals surface area contributed by atoms with Gasteiger partial charge in [0.15, 0.2) is 18.2 Å². The Morgan fingerprint density at radius 2 is 2.22 bits per heavy atom. The van der Waals surface area contributed by atoms with Gasteiger partial charge >= 0.3 is 6.09 Å². The molecule has 2 aliphatic heterocycles. The summed E-state index contributed by atoms with van der Waals surface area (Å²) in [6.07, 6.45) is -0.501. The molecule has 0 radical (unpaired) electrons. The summed E-state index contributed by atoms with van der Waals surface area (Å²) in [4.78, 5) is 28.5. The third kappa shape index (κ3) is 3.51. The number of amides is 2. The number of carbonyl (C=O) groups is 2. The first-order valence-corrected chi connectivity index (χ1v) is 8.40. The SMILES string of the molecule is CS(=O)(=O)OC[C@H]1CN(c2ccc3c(n2)NC(=O)CO3)C(=O)O1. The Morgan fingerprint density at radius 1 is 1.43 bits per heavy atom. The van der Waals surface area contributed by atoms with Crippen LogP contribution in [-0.4, -0.2) is 57.5 Å². The maximum absolute atomic E-state index is 11.9. The maximum Gasteiger partial charge on any atom is 0.416 e. The number of nitrogens with zero attached hydrogens (tertiary/aromatic N) is 2. The first-order chi connectivity index (χ1) is 10.8. The second kappa shape index (κ2) is 5.66. The average molecular weight is 343 g/mol. The van der Waals surface area contributed by atoms with E-state index in [1.165, 1.54) is 11.0 Å². The summed E-state index contributed by atoms with van der Waals surface area (Å²) < 4.78 is 36.8. The average Bonchev–Trinajstić information content (AvgIpc) is 2.85. The van der Waals surface area contributed by atoms with E-state index in [1.54, 1.807) is 6.07 Å². The Labute approximate surface area is 131 Å². The zero-order valence-corrected chi connectivity index (χ0v) is 12.8. The number of pyridine rings is 1. The van der Waals surface area contributed by atoms with Crippen LogP contribution < -0.4 is 15.0 Å². The van der Waals surface area contributed by atoms with E-state index in [9.17, 15) is 18.0 Å². The first kappa shape index (κ1) is 15.5. The minimum absolute atomic E-state index is 0.0783. The lowest BCUT2D eigenvalue weighted by atomic mass is 10.3. The first-order valence-electron chi connectivity index (χ1n) is 6.58. The van der Waals surface area contributed by atoms with Gasteiger partial charge in [-0.05, 0) is 12.1 Å². The quantitative estimate of drug-likeness (QED) is 0.740. The van der Waals surface area contributed by atoms with Crippen LogP contribution in [0.4, 0.5) is 16.4 Å². The van der Waals surface area contributed by atoms with E-state index in [2.05, 4.69) is 14.5 Å². The molecule has 124 valence electrons. The van der Waals surface area contributed by atoms with Crippen molar-refractivity contribution in [3.8, 4) is 5.75 Å². The van der Waals surface area contributed by atoms with Gasteiger partial charge in [-0.25, -0.2) is 9.78 Å². The predicted molar refractivity (Wildman–Crippen MR) is 76.8 cm³/mol. The lowest BCUT2D eigenvalue weighted by molar-refractivity contribution is -0.118. The normalized spacial score (nSPS) is 20.6. The molecule has 1 aromatic heterocycles.